The summed E-state index contributed by atoms with van der Waals surface area (Å²) in [7, 11) is 0. The number of amides is 1. The Bertz CT molecular complexity index is 379. The zero-order valence-electron chi connectivity index (χ0n) is 10.1. The molecule has 17 heavy (non-hydrogen) atoms. The summed E-state index contributed by atoms with van der Waals surface area (Å²) in [5.41, 5.74) is 0.362. The van der Waals surface area contributed by atoms with Crippen LogP contribution < -0.4 is 10.6 Å². The fraction of sp³-hybridized carbons (Fsp3) is 0.417. The lowest BCUT2D eigenvalue weighted by molar-refractivity contribution is 0.0953. The second kappa shape index (κ2) is 7.38. The number of rotatable bonds is 7. The van der Waals surface area contributed by atoms with Crippen LogP contribution in [0.1, 0.15) is 30.3 Å². The molecule has 0 bridgehead atoms. The van der Waals surface area contributed by atoms with E-state index in [2.05, 4.69) is 34.1 Å². The van der Waals surface area contributed by atoms with Gasteiger partial charge >= 0.3 is 0 Å². The summed E-state index contributed by atoms with van der Waals surface area (Å²) < 4.78 is 0. The Kier molecular flexibility index (Phi) is 5.71. The highest BCUT2D eigenvalue weighted by Gasteiger charge is 2.06. The highest BCUT2D eigenvalue weighted by atomic mass is 16.1. The smallest absolute Gasteiger partial charge is 0.270 e. The molecule has 1 rings (SSSR count). The van der Waals surface area contributed by atoms with Gasteiger partial charge in [0.05, 0.1) is 0 Å². The third kappa shape index (κ3) is 4.63. The Labute approximate surface area is 101 Å². The van der Waals surface area contributed by atoms with Crippen LogP contribution in [0, 0.1) is 0 Å². The molecule has 1 amide bonds. The minimum Gasteiger partial charge on any atom is -0.370 e. The lowest BCUT2D eigenvalue weighted by atomic mass is 10.3. The summed E-state index contributed by atoms with van der Waals surface area (Å²) in [5.74, 6) is 0.461. The maximum absolute atomic E-state index is 11.6. The molecular formula is C12H18N4O. The standard InChI is InChI=1S/C12H18N4O/c1-3-5-7-13-11-8-10(15-9-16-11)12(17)14-6-4-2/h4,8-9H,2-3,5-7H2,1H3,(H,14,17)(H,13,15,16). The molecule has 1 aromatic rings. The number of anilines is 1. The van der Waals surface area contributed by atoms with Crippen LogP contribution in [-0.2, 0) is 0 Å². The van der Waals surface area contributed by atoms with E-state index >= 15 is 0 Å². The topological polar surface area (TPSA) is 66.9 Å². The average molecular weight is 234 g/mol. The molecule has 0 unspecified atom stereocenters. The van der Waals surface area contributed by atoms with Gasteiger partial charge in [0.1, 0.15) is 17.8 Å². The molecule has 0 aliphatic heterocycles. The zero-order valence-corrected chi connectivity index (χ0v) is 10.1. The van der Waals surface area contributed by atoms with E-state index in [-0.39, 0.29) is 5.91 Å². The number of aromatic nitrogens is 2. The van der Waals surface area contributed by atoms with Crippen LogP contribution >= 0.6 is 0 Å². The van der Waals surface area contributed by atoms with E-state index in [0.717, 1.165) is 19.4 Å². The van der Waals surface area contributed by atoms with Gasteiger partial charge in [0.2, 0.25) is 0 Å². The molecule has 0 saturated carbocycles. The van der Waals surface area contributed by atoms with Gasteiger partial charge in [-0.3, -0.25) is 4.79 Å². The van der Waals surface area contributed by atoms with Crippen molar-refractivity contribution in [3.05, 3.63) is 30.7 Å². The molecule has 0 fully saturated rings. The molecule has 0 spiro atoms. The lowest BCUT2D eigenvalue weighted by Crippen LogP contribution is -2.24. The van der Waals surface area contributed by atoms with Crippen molar-refractivity contribution in [2.45, 2.75) is 19.8 Å². The quantitative estimate of drug-likeness (QED) is 0.555. The summed E-state index contributed by atoms with van der Waals surface area (Å²) in [6.45, 7) is 6.94. The Hall–Kier alpha value is -1.91. The Morgan fingerprint density at radius 1 is 1.53 bits per heavy atom. The van der Waals surface area contributed by atoms with Gasteiger partial charge in [-0.15, -0.1) is 6.58 Å². The molecule has 5 heteroatoms. The second-order valence-electron chi connectivity index (χ2n) is 3.57. The molecule has 0 radical (unpaired) electrons. The third-order valence-electron chi connectivity index (χ3n) is 2.14. The van der Waals surface area contributed by atoms with E-state index in [4.69, 9.17) is 0 Å². The minimum absolute atomic E-state index is 0.217. The molecule has 0 atom stereocenters. The first-order valence-electron chi connectivity index (χ1n) is 5.73. The molecule has 0 saturated heterocycles. The minimum atomic E-state index is -0.217. The molecule has 5 nitrogen and oxygen atoms in total. The first-order valence-corrected chi connectivity index (χ1v) is 5.73. The summed E-state index contributed by atoms with van der Waals surface area (Å²) >= 11 is 0. The second-order valence-corrected chi connectivity index (χ2v) is 3.57. The van der Waals surface area contributed by atoms with Crippen molar-refractivity contribution in [2.75, 3.05) is 18.4 Å². The van der Waals surface area contributed by atoms with E-state index in [0.29, 0.717) is 18.1 Å². The fourth-order valence-electron chi connectivity index (χ4n) is 1.23. The van der Waals surface area contributed by atoms with Crippen molar-refractivity contribution in [2.24, 2.45) is 0 Å². The first kappa shape index (κ1) is 13.2. The van der Waals surface area contributed by atoms with Crippen LogP contribution in [0.25, 0.3) is 0 Å². The largest absolute Gasteiger partial charge is 0.370 e. The predicted octanol–water partition coefficient (Wildman–Crippen LogP) is 1.60. The van der Waals surface area contributed by atoms with Gasteiger partial charge in [-0.2, -0.15) is 0 Å². The first-order chi connectivity index (χ1) is 8.27. The van der Waals surface area contributed by atoms with Crippen LogP contribution in [0.3, 0.4) is 0 Å². The molecule has 0 aliphatic rings. The number of hydrogen-bond acceptors (Lipinski definition) is 4. The van der Waals surface area contributed by atoms with E-state index in [1.165, 1.54) is 6.33 Å². The van der Waals surface area contributed by atoms with Gasteiger partial charge in [-0.1, -0.05) is 19.4 Å². The van der Waals surface area contributed by atoms with Gasteiger partial charge in [-0.05, 0) is 6.42 Å². The molecular weight excluding hydrogens is 216 g/mol. The highest BCUT2D eigenvalue weighted by Crippen LogP contribution is 2.04. The number of nitrogens with one attached hydrogen (secondary N) is 2. The van der Waals surface area contributed by atoms with Crippen molar-refractivity contribution in [3.63, 3.8) is 0 Å². The van der Waals surface area contributed by atoms with E-state index in [1.54, 1.807) is 12.1 Å². The lowest BCUT2D eigenvalue weighted by Gasteiger charge is -2.06. The Morgan fingerprint density at radius 2 is 2.35 bits per heavy atom. The van der Waals surface area contributed by atoms with Crippen molar-refractivity contribution in [3.8, 4) is 0 Å². The van der Waals surface area contributed by atoms with Gasteiger partial charge in [0.15, 0.2) is 0 Å². The summed E-state index contributed by atoms with van der Waals surface area (Å²) in [4.78, 5) is 19.6. The van der Waals surface area contributed by atoms with Gasteiger partial charge in [0.25, 0.3) is 5.91 Å². The maximum atomic E-state index is 11.6. The third-order valence-corrected chi connectivity index (χ3v) is 2.14. The van der Waals surface area contributed by atoms with Crippen LogP contribution in [0.2, 0.25) is 0 Å². The van der Waals surface area contributed by atoms with E-state index < -0.39 is 0 Å². The zero-order chi connectivity index (χ0) is 12.5. The van der Waals surface area contributed by atoms with Crippen molar-refractivity contribution in [1.82, 2.24) is 15.3 Å². The molecule has 2 N–H and O–H groups in total. The predicted molar refractivity (Wildman–Crippen MR) is 68.0 cm³/mol. The van der Waals surface area contributed by atoms with Gasteiger partial charge in [-0.25, -0.2) is 9.97 Å². The van der Waals surface area contributed by atoms with Crippen LogP contribution in [0.5, 0.6) is 0 Å². The molecule has 1 heterocycles. The maximum Gasteiger partial charge on any atom is 0.270 e. The number of hydrogen-bond donors (Lipinski definition) is 2. The Balaban J connectivity index is 2.58. The number of nitrogens with zero attached hydrogens (tertiary/aromatic N) is 2. The number of carbonyl (C=O) groups is 1. The fourth-order valence-corrected chi connectivity index (χ4v) is 1.23. The van der Waals surface area contributed by atoms with Gasteiger partial charge in [0, 0.05) is 19.2 Å². The van der Waals surface area contributed by atoms with Crippen LogP contribution in [0.4, 0.5) is 5.82 Å². The summed E-state index contributed by atoms with van der Waals surface area (Å²) in [6, 6.07) is 1.65. The average Bonchev–Trinajstić information content (AvgIpc) is 2.36. The number of unbranched alkanes of at least 4 members (excludes halogenated alkanes) is 1. The number of carbonyl (C=O) groups excluding carboxylic acids is 1. The molecule has 92 valence electrons. The van der Waals surface area contributed by atoms with Crippen molar-refractivity contribution >= 4 is 11.7 Å². The molecule has 0 aliphatic carbocycles. The Morgan fingerprint density at radius 3 is 3.06 bits per heavy atom. The van der Waals surface area contributed by atoms with Crippen LogP contribution in [-0.4, -0.2) is 29.0 Å². The molecule has 1 aromatic heterocycles. The monoisotopic (exact) mass is 234 g/mol. The SMILES string of the molecule is C=CCNC(=O)c1cc(NCCCC)ncn1. The van der Waals surface area contributed by atoms with E-state index in [1.807, 2.05) is 0 Å². The van der Waals surface area contributed by atoms with Crippen molar-refractivity contribution in [1.29, 1.82) is 0 Å². The molecule has 0 aromatic carbocycles. The van der Waals surface area contributed by atoms with E-state index in [9.17, 15) is 4.79 Å². The highest BCUT2D eigenvalue weighted by molar-refractivity contribution is 5.92. The summed E-state index contributed by atoms with van der Waals surface area (Å²) in [6.07, 6.45) is 5.20. The summed E-state index contributed by atoms with van der Waals surface area (Å²) in [5, 5.41) is 5.81. The van der Waals surface area contributed by atoms with Crippen LogP contribution in [0.15, 0.2) is 25.0 Å². The van der Waals surface area contributed by atoms with Gasteiger partial charge < -0.3 is 10.6 Å². The normalized spacial score (nSPS) is 9.71. The van der Waals surface area contributed by atoms with Crippen molar-refractivity contribution < 1.29 is 4.79 Å².